The normalized spacial score (nSPS) is 45.4. The molecular weight excluding hydrogens is 736 g/mol. The molecule has 57 heavy (non-hydrogen) atoms. The Hall–Kier alpha value is -1.75. The minimum atomic E-state index is -1.96. The highest BCUT2D eigenvalue weighted by atomic mass is 16.7. The van der Waals surface area contributed by atoms with Crippen molar-refractivity contribution in [3.63, 3.8) is 0 Å². The van der Waals surface area contributed by atoms with Crippen LogP contribution in [-0.2, 0) is 38.0 Å². The molecular formula is C44H68O13. The number of carbonyl (C=O) groups is 1. The summed E-state index contributed by atoms with van der Waals surface area (Å²) in [5.74, 6) is -3.82. The molecule has 13 heteroatoms. The molecule has 0 saturated carbocycles. The van der Waals surface area contributed by atoms with Crippen molar-refractivity contribution in [2.75, 3.05) is 6.61 Å². The molecule has 8 unspecified atom stereocenters. The standard InChI is InChI=1S/C44H68O13/c1-25-21-34(55-44(23-25)35(46)12-11-31(54-44)24-41(6,50)40(48)49)26(2)9-10-30-14-18-43(53-30)19-15-33-39(57-43)36(47)29(5)38(52-33)32(45)22-28(4)37-27(3)13-17-42(56-37)16-7-8-20-51-42/h9-10,23,26-28,30-39,45-47,50H,5,7-8,11-22,24H2,1-4,6H3,(H,48,49)/t26?,27?,28?,30-,31-,32?,33+,34-,35?,36?,37-,38-,39+,41+,42?,43+,44?/m0/s1. The van der Waals surface area contributed by atoms with E-state index in [0.29, 0.717) is 56.4 Å². The molecule has 0 aromatic rings. The predicted molar refractivity (Wildman–Crippen MR) is 208 cm³/mol. The van der Waals surface area contributed by atoms with Crippen molar-refractivity contribution in [2.45, 2.75) is 209 Å². The molecule has 7 aliphatic heterocycles. The second kappa shape index (κ2) is 17.0. The van der Waals surface area contributed by atoms with E-state index in [9.17, 15) is 30.3 Å². The number of hydrogen-bond donors (Lipinski definition) is 5. The minimum Gasteiger partial charge on any atom is -0.479 e. The van der Waals surface area contributed by atoms with Gasteiger partial charge in [0.25, 0.3) is 0 Å². The third kappa shape index (κ3) is 9.15. The van der Waals surface area contributed by atoms with Gasteiger partial charge in [-0.25, -0.2) is 4.79 Å². The van der Waals surface area contributed by atoms with Gasteiger partial charge in [0.2, 0.25) is 5.79 Å². The van der Waals surface area contributed by atoms with E-state index in [1.165, 1.54) is 6.92 Å². The van der Waals surface area contributed by atoms with Crippen LogP contribution in [0.1, 0.15) is 125 Å². The first-order valence-electron chi connectivity index (χ1n) is 21.7. The minimum absolute atomic E-state index is 0.0423. The fraction of sp³-hybridized carbons (Fsp3) is 0.841. The molecule has 0 aliphatic carbocycles. The Morgan fingerprint density at radius 2 is 1.75 bits per heavy atom. The lowest BCUT2D eigenvalue weighted by atomic mass is 9.79. The number of aliphatic carboxylic acids is 1. The number of rotatable bonds is 10. The Kier molecular flexibility index (Phi) is 12.9. The van der Waals surface area contributed by atoms with Crippen LogP contribution in [0.15, 0.2) is 36.0 Å². The molecule has 5 N–H and O–H groups in total. The Bertz CT molecular complexity index is 1510. The summed E-state index contributed by atoms with van der Waals surface area (Å²) in [6, 6.07) is 0. The zero-order valence-corrected chi connectivity index (χ0v) is 34.6. The second-order valence-corrected chi connectivity index (χ2v) is 18.9. The average Bonchev–Trinajstić information content (AvgIpc) is 3.56. The van der Waals surface area contributed by atoms with Gasteiger partial charge in [-0.05, 0) is 95.1 Å². The number of fused-ring (bicyclic) bond motifs is 1. The van der Waals surface area contributed by atoms with Gasteiger partial charge in [-0.2, -0.15) is 0 Å². The molecule has 0 bridgehead atoms. The molecule has 0 radical (unpaired) electrons. The molecule has 6 saturated heterocycles. The smallest absolute Gasteiger partial charge is 0.335 e. The van der Waals surface area contributed by atoms with Crippen LogP contribution in [0.4, 0.5) is 0 Å². The number of aliphatic hydroxyl groups excluding tert-OH is 3. The first-order chi connectivity index (χ1) is 26.9. The van der Waals surface area contributed by atoms with Crippen molar-refractivity contribution in [3.05, 3.63) is 36.0 Å². The van der Waals surface area contributed by atoms with Crippen molar-refractivity contribution in [1.82, 2.24) is 0 Å². The first kappa shape index (κ1) is 43.3. The molecule has 0 aromatic heterocycles. The number of carboxylic acid groups (broad SMARTS) is 1. The topological polar surface area (TPSA) is 183 Å². The summed E-state index contributed by atoms with van der Waals surface area (Å²) in [6.45, 7) is 14.5. The highest BCUT2D eigenvalue weighted by Gasteiger charge is 2.55. The summed E-state index contributed by atoms with van der Waals surface area (Å²) >= 11 is 0. The van der Waals surface area contributed by atoms with Crippen molar-refractivity contribution >= 4 is 5.97 Å². The maximum absolute atomic E-state index is 11.6. The summed E-state index contributed by atoms with van der Waals surface area (Å²) < 4.78 is 45.2. The third-order valence-electron chi connectivity index (χ3n) is 14.0. The van der Waals surface area contributed by atoms with E-state index in [1.807, 2.05) is 19.9 Å². The second-order valence-electron chi connectivity index (χ2n) is 18.9. The van der Waals surface area contributed by atoms with Crippen LogP contribution < -0.4 is 0 Å². The average molecular weight is 805 g/mol. The predicted octanol–water partition coefficient (Wildman–Crippen LogP) is 5.21. The maximum Gasteiger partial charge on any atom is 0.335 e. The van der Waals surface area contributed by atoms with Gasteiger partial charge in [-0.1, -0.05) is 45.1 Å². The molecule has 0 amide bonds. The van der Waals surface area contributed by atoms with Gasteiger partial charge in [0.1, 0.15) is 24.4 Å². The SMILES string of the molecule is C=C1C(O)[C@@H]2O[C@]3(CC[C@H](C=CC(C)[C@@H]4CC(C)=CC5(O[C@H](C[C@@](C)(O)C(=O)O)CCC5O)O4)O3)CC[C@H]2O[C@@H]1C(O)CC(C)[C@H]1OC2(CCCCO2)CCC1C. The van der Waals surface area contributed by atoms with E-state index in [0.717, 1.165) is 50.7 Å². The van der Waals surface area contributed by atoms with Gasteiger partial charge in [0, 0.05) is 38.0 Å². The number of hydrogen-bond acceptors (Lipinski definition) is 12. The monoisotopic (exact) mass is 804 g/mol. The van der Waals surface area contributed by atoms with Gasteiger partial charge < -0.3 is 58.7 Å². The fourth-order valence-corrected chi connectivity index (χ4v) is 10.5. The lowest BCUT2D eigenvalue weighted by Crippen LogP contribution is -2.60. The zero-order valence-electron chi connectivity index (χ0n) is 34.6. The maximum atomic E-state index is 11.6. The molecule has 6 fully saturated rings. The van der Waals surface area contributed by atoms with Gasteiger partial charge in [-0.3, -0.25) is 0 Å². The molecule has 0 aromatic carbocycles. The third-order valence-corrected chi connectivity index (χ3v) is 14.0. The summed E-state index contributed by atoms with van der Waals surface area (Å²) in [5, 5.41) is 54.0. The number of ether oxygens (including phenoxy) is 7. The summed E-state index contributed by atoms with van der Waals surface area (Å²) in [6.07, 6.45) is 9.37. The molecule has 3 spiro atoms. The van der Waals surface area contributed by atoms with E-state index in [4.69, 9.17) is 33.2 Å². The highest BCUT2D eigenvalue weighted by Crippen LogP contribution is 2.47. The molecule has 7 rings (SSSR count). The van der Waals surface area contributed by atoms with Crippen LogP contribution >= 0.6 is 0 Å². The van der Waals surface area contributed by atoms with Gasteiger partial charge in [0.05, 0.1) is 43.2 Å². The van der Waals surface area contributed by atoms with Crippen molar-refractivity contribution in [2.24, 2.45) is 17.8 Å². The number of aliphatic hydroxyl groups is 4. The van der Waals surface area contributed by atoms with Crippen LogP contribution in [0.5, 0.6) is 0 Å². The lowest BCUT2D eigenvalue weighted by Gasteiger charge is -2.50. The van der Waals surface area contributed by atoms with Gasteiger partial charge in [0.15, 0.2) is 17.2 Å². The highest BCUT2D eigenvalue weighted by molar-refractivity contribution is 5.76. The van der Waals surface area contributed by atoms with Gasteiger partial charge in [-0.15, -0.1) is 0 Å². The van der Waals surface area contributed by atoms with E-state index in [2.05, 4.69) is 26.5 Å². The van der Waals surface area contributed by atoms with Crippen LogP contribution in [0.25, 0.3) is 0 Å². The molecule has 17 atom stereocenters. The zero-order chi connectivity index (χ0) is 40.9. The first-order valence-corrected chi connectivity index (χ1v) is 21.7. The Morgan fingerprint density at radius 3 is 2.49 bits per heavy atom. The van der Waals surface area contributed by atoms with Crippen LogP contribution in [0.2, 0.25) is 0 Å². The molecule has 13 nitrogen and oxygen atoms in total. The van der Waals surface area contributed by atoms with Crippen LogP contribution in [0.3, 0.4) is 0 Å². The van der Waals surface area contributed by atoms with E-state index < -0.39 is 71.7 Å². The number of carboxylic acids is 1. The Morgan fingerprint density at radius 1 is 1.00 bits per heavy atom. The van der Waals surface area contributed by atoms with Crippen molar-refractivity contribution in [1.29, 1.82) is 0 Å². The molecule has 322 valence electrons. The largest absolute Gasteiger partial charge is 0.479 e. The molecule has 7 heterocycles. The van der Waals surface area contributed by atoms with Crippen LogP contribution in [0, 0.1) is 17.8 Å². The van der Waals surface area contributed by atoms with Gasteiger partial charge >= 0.3 is 5.97 Å². The Labute approximate surface area is 337 Å². The fourth-order valence-electron chi connectivity index (χ4n) is 10.5. The summed E-state index contributed by atoms with van der Waals surface area (Å²) in [7, 11) is 0. The van der Waals surface area contributed by atoms with E-state index in [-0.39, 0.29) is 36.6 Å². The molecule has 7 aliphatic rings. The van der Waals surface area contributed by atoms with E-state index >= 15 is 0 Å². The quantitative estimate of drug-likeness (QED) is 0.182. The van der Waals surface area contributed by atoms with E-state index in [1.54, 1.807) is 6.08 Å². The Balaban J connectivity index is 0.920. The summed E-state index contributed by atoms with van der Waals surface area (Å²) in [5.41, 5.74) is -0.551. The summed E-state index contributed by atoms with van der Waals surface area (Å²) in [4.78, 5) is 11.6. The lowest BCUT2D eigenvalue weighted by molar-refractivity contribution is -0.321. The van der Waals surface area contributed by atoms with Crippen molar-refractivity contribution in [3.8, 4) is 0 Å². The van der Waals surface area contributed by atoms with Crippen LogP contribution in [-0.4, -0.2) is 122 Å². The van der Waals surface area contributed by atoms with Crippen molar-refractivity contribution < 1.29 is 63.5 Å².